The highest BCUT2D eigenvalue weighted by atomic mass is 35.5. The largest absolute Gasteiger partial charge is 0.340 e. The molecule has 2 amide bonds. The standard InChI is InChI=1S/C17H25FN4O2.2ClH/c1-13(19)2-7-17(24)22-10-8-21(9-11-22)12-16(23)20-15-5-3-14(18)4-6-15;;/h3-6,13H,2,7-12,19H2,1H3,(H,20,23);2*1H. The van der Waals surface area contributed by atoms with Crippen LogP contribution in [0.1, 0.15) is 19.8 Å². The van der Waals surface area contributed by atoms with Gasteiger partial charge in [-0.2, -0.15) is 0 Å². The lowest BCUT2D eigenvalue weighted by molar-refractivity contribution is -0.133. The molecule has 0 spiro atoms. The minimum absolute atomic E-state index is 0. The number of anilines is 1. The van der Waals surface area contributed by atoms with Crippen LogP contribution in [0.15, 0.2) is 24.3 Å². The lowest BCUT2D eigenvalue weighted by Crippen LogP contribution is -2.50. The molecule has 1 aromatic rings. The number of hydrogen-bond acceptors (Lipinski definition) is 4. The smallest absolute Gasteiger partial charge is 0.238 e. The number of halogens is 3. The van der Waals surface area contributed by atoms with Crippen molar-refractivity contribution in [2.75, 3.05) is 38.0 Å². The van der Waals surface area contributed by atoms with Crippen molar-refractivity contribution in [1.82, 2.24) is 9.80 Å². The second-order valence-corrected chi connectivity index (χ2v) is 6.23. The third-order valence-corrected chi connectivity index (χ3v) is 4.03. The van der Waals surface area contributed by atoms with E-state index in [4.69, 9.17) is 5.73 Å². The van der Waals surface area contributed by atoms with Crippen molar-refractivity contribution in [3.8, 4) is 0 Å². The molecule has 6 nitrogen and oxygen atoms in total. The van der Waals surface area contributed by atoms with Crippen LogP contribution in [0.3, 0.4) is 0 Å². The van der Waals surface area contributed by atoms with Crippen molar-refractivity contribution >= 4 is 42.3 Å². The van der Waals surface area contributed by atoms with Crippen molar-refractivity contribution < 1.29 is 14.0 Å². The average molecular weight is 409 g/mol. The molecule has 3 N–H and O–H groups in total. The third kappa shape index (κ3) is 8.31. The van der Waals surface area contributed by atoms with Crippen LogP contribution in [0.2, 0.25) is 0 Å². The van der Waals surface area contributed by atoms with Crippen molar-refractivity contribution in [3.63, 3.8) is 0 Å². The number of amides is 2. The molecule has 2 rings (SSSR count). The number of carbonyl (C=O) groups is 2. The lowest BCUT2D eigenvalue weighted by atomic mass is 10.1. The summed E-state index contributed by atoms with van der Waals surface area (Å²) in [6.45, 7) is 4.74. The summed E-state index contributed by atoms with van der Waals surface area (Å²) in [7, 11) is 0. The Morgan fingerprint density at radius 2 is 1.73 bits per heavy atom. The molecule has 0 bridgehead atoms. The van der Waals surface area contributed by atoms with Crippen LogP contribution in [-0.4, -0.2) is 60.4 Å². The number of rotatable bonds is 6. The predicted molar refractivity (Wildman–Crippen MR) is 105 cm³/mol. The minimum atomic E-state index is -0.335. The van der Waals surface area contributed by atoms with E-state index in [9.17, 15) is 14.0 Å². The molecule has 1 heterocycles. The molecule has 1 aliphatic rings. The Kier molecular flexibility index (Phi) is 11.4. The Morgan fingerprint density at radius 1 is 1.15 bits per heavy atom. The Balaban J connectivity index is 0.00000312. The van der Waals surface area contributed by atoms with Gasteiger partial charge in [-0.05, 0) is 37.6 Å². The van der Waals surface area contributed by atoms with Crippen molar-refractivity contribution in [2.24, 2.45) is 5.73 Å². The highest BCUT2D eigenvalue weighted by Crippen LogP contribution is 2.09. The second kappa shape index (κ2) is 12.1. The van der Waals surface area contributed by atoms with Gasteiger partial charge in [-0.25, -0.2) is 4.39 Å². The lowest BCUT2D eigenvalue weighted by Gasteiger charge is -2.34. The Bertz CT molecular complexity index is 564. The number of piperazine rings is 1. The van der Waals surface area contributed by atoms with Gasteiger partial charge in [0.25, 0.3) is 0 Å². The number of nitrogens with two attached hydrogens (primary N) is 1. The molecule has 0 radical (unpaired) electrons. The molecule has 0 saturated carbocycles. The summed E-state index contributed by atoms with van der Waals surface area (Å²) in [6.07, 6.45) is 1.17. The minimum Gasteiger partial charge on any atom is -0.340 e. The highest BCUT2D eigenvalue weighted by Gasteiger charge is 2.22. The quantitative estimate of drug-likeness (QED) is 0.752. The molecule has 1 unspecified atom stereocenters. The molecule has 0 aromatic heterocycles. The maximum atomic E-state index is 12.8. The van der Waals surface area contributed by atoms with Crippen molar-refractivity contribution in [3.05, 3.63) is 30.1 Å². The fourth-order valence-corrected chi connectivity index (χ4v) is 2.60. The number of carbonyl (C=O) groups excluding carboxylic acids is 2. The monoisotopic (exact) mass is 408 g/mol. The van der Waals surface area contributed by atoms with Gasteiger partial charge >= 0.3 is 0 Å². The summed E-state index contributed by atoms with van der Waals surface area (Å²) in [5, 5.41) is 2.74. The molecule has 148 valence electrons. The molecular weight excluding hydrogens is 382 g/mol. The van der Waals surface area contributed by atoms with E-state index < -0.39 is 0 Å². The molecule has 1 saturated heterocycles. The molecule has 9 heteroatoms. The molecule has 1 fully saturated rings. The summed E-state index contributed by atoms with van der Waals surface area (Å²) < 4.78 is 12.8. The fraction of sp³-hybridized carbons (Fsp3) is 0.529. The molecule has 1 aromatic carbocycles. The number of benzene rings is 1. The molecule has 0 aliphatic carbocycles. The van der Waals surface area contributed by atoms with Gasteiger partial charge in [0.1, 0.15) is 5.82 Å². The van der Waals surface area contributed by atoms with Crippen LogP contribution in [0.4, 0.5) is 10.1 Å². The van der Waals surface area contributed by atoms with E-state index >= 15 is 0 Å². The second-order valence-electron chi connectivity index (χ2n) is 6.23. The first kappa shape index (κ1) is 24.6. The van der Waals surface area contributed by atoms with E-state index in [2.05, 4.69) is 5.32 Å². The Hall–Kier alpha value is -1.41. The van der Waals surface area contributed by atoms with Crippen LogP contribution in [0, 0.1) is 5.82 Å². The summed E-state index contributed by atoms with van der Waals surface area (Å²) >= 11 is 0. The molecule has 1 atom stereocenters. The van der Waals surface area contributed by atoms with Gasteiger partial charge in [0, 0.05) is 44.3 Å². The van der Waals surface area contributed by atoms with E-state index in [1.807, 2.05) is 16.7 Å². The van der Waals surface area contributed by atoms with E-state index in [0.717, 1.165) is 0 Å². The zero-order valence-corrected chi connectivity index (χ0v) is 16.5. The predicted octanol–water partition coefficient (Wildman–Crippen LogP) is 1.88. The van der Waals surface area contributed by atoms with Crippen LogP contribution in [-0.2, 0) is 9.59 Å². The van der Waals surface area contributed by atoms with Crippen LogP contribution >= 0.6 is 24.8 Å². The number of hydrogen-bond donors (Lipinski definition) is 2. The van der Waals surface area contributed by atoms with Crippen molar-refractivity contribution in [1.29, 1.82) is 0 Å². The van der Waals surface area contributed by atoms with Crippen LogP contribution in [0.5, 0.6) is 0 Å². The Labute approximate surface area is 166 Å². The maximum Gasteiger partial charge on any atom is 0.238 e. The van der Waals surface area contributed by atoms with Gasteiger partial charge in [0.15, 0.2) is 0 Å². The van der Waals surface area contributed by atoms with Crippen molar-refractivity contribution in [2.45, 2.75) is 25.8 Å². The van der Waals surface area contributed by atoms with E-state index in [-0.39, 0.29) is 55.0 Å². The van der Waals surface area contributed by atoms with E-state index in [1.165, 1.54) is 24.3 Å². The molecular formula is C17H27Cl2FN4O2. The highest BCUT2D eigenvalue weighted by molar-refractivity contribution is 5.92. The zero-order valence-electron chi connectivity index (χ0n) is 14.8. The zero-order chi connectivity index (χ0) is 17.5. The first-order chi connectivity index (χ1) is 11.4. The Morgan fingerprint density at radius 3 is 2.27 bits per heavy atom. The summed E-state index contributed by atoms with van der Waals surface area (Å²) in [6, 6.07) is 5.71. The summed E-state index contributed by atoms with van der Waals surface area (Å²) in [4.78, 5) is 27.9. The summed E-state index contributed by atoms with van der Waals surface area (Å²) in [5.74, 6) is -0.348. The average Bonchev–Trinajstić information content (AvgIpc) is 2.55. The van der Waals surface area contributed by atoms with E-state index in [1.54, 1.807) is 0 Å². The van der Waals surface area contributed by atoms with Gasteiger partial charge in [-0.1, -0.05) is 0 Å². The van der Waals surface area contributed by atoms with Gasteiger partial charge in [0.05, 0.1) is 6.54 Å². The van der Waals surface area contributed by atoms with Crippen LogP contribution < -0.4 is 11.1 Å². The third-order valence-electron chi connectivity index (χ3n) is 4.03. The van der Waals surface area contributed by atoms with E-state index in [0.29, 0.717) is 44.7 Å². The first-order valence-corrected chi connectivity index (χ1v) is 8.25. The molecule has 1 aliphatic heterocycles. The normalized spacial score (nSPS) is 15.4. The van der Waals surface area contributed by atoms with Gasteiger partial charge < -0.3 is 16.0 Å². The molecule has 26 heavy (non-hydrogen) atoms. The number of nitrogens with zero attached hydrogens (tertiary/aromatic N) is 2. The summed E-state index contributed by atoms with van der Waals surface area (Å²) in [5.41, 5.74) is 6.25. The van der Waals surface area contributed by atoms with Gasteiger partial charge in [-0.3, -0.25) is 14.5 Å². The first-order valence-electron chi connectivity index (χ1n) is 8.25. The maximum absolute atomic E-state index is 12.8. The SMILES string of the molecule is CC(N)CCC(=O)N1CCN(CC(=O)Nc2ccc(F)cc2)CC1.Cl.Cl. The van der Waals surface area contributed by atoms with Gasteiger partial charge in [-0.15, -0.1) is 24.8 Å². The fourth-order valence-electron chi connectivity index (χ4n) is 2.60. The topological polar surface area (TPSA) is 78.7 Å². The number of nitrogens with one attached hydrogen (secondary N) is 1. The van der Waals surface area contributed by atoms with Crippen LogP contribution in [0.25, 0.3) is 0 Å². The van der Waals surface area contributed by atoms with Gasteiger partial charge in [0.2, 0.25) is 11.8 Å².